The average molecular weight is 146 g/mol. The number of carbonyl (C=O) groups excluding carboxylic acids is 2. The van der Waals surface area contributed by atoms with Gasteiger partial charge in [0.05, 0.1) is 7.11 Å². The third-order valence-electron chi connectivity index (χ3n) is 1.27. The number of hydrogen-bond donors (Lipinski definition) is 1. The van der Waals surface area contributed by atoms with Crippen LogP contribution in [0.1, 0.15) is 13.8 Å². The molecule has 0 aromatic carbocycles. The second kappa shape index (κ2) is 2.79. The van der Waals surface area contributed by atoms with Crippen LogP contribution in [-0.2, 0) is 14.3 Å². The molecule has 0 spiro atoms. The van der Waals surface area contributed by atoms with E-state index in [4.69, 9.17) is 5.11 Å². The zero-order chi connectivity index (χ0) is 8.36. The van der Waals surface area contributed by atoms with Crippen LogP contribution in [0.15, 0.2) is 0 Å². The van der Waals surface area contributed by atoms with Crippen LogP contribution in [0.5, 0.6) is 0 Å². The van der Waals surface area contributed by atoms with Crippen molar-refractivity contribution in [1.82, 2.24) is 0 Å². The van der Waals surface area contributed by atoms with Crippen molar-refractivity contribution in [3.05, 3.63) is 0 Å². The Morgan fingerprint density at radius 2 is 1.90 bits per heavy atom. The number of carbonyl (C=O) groups is 2. The largest absolute Gasteiger partial charge is 0.467 e. The number of methoxy groups -OCH3 is 1. The molecule has 0 aliphatic rings. The van der Waals surface area contributed by atoms with Crippen LogP contribution in [0.25, 0.3) is 0 Å². The van der Waals surface area contributed by atoms with Crippen molar-refractivity contribution in [2.45, 2.75) is 19.4 Å². The van der Waals surface area contributed by atoms with Gasteiger partial charge in [0, 0.05) is 0 Å². The molecule has 0 unspecified atom stereocenters. The Balaban J connectivity index is 4.40. The van der Waals surface area contributed by atoms with Crippen molar-refractivity contribution >= 4 is 11.8 Å². The summed E-state index contributed by atoms with van der Waals surface area (Å²) in [6.45, 7) is 2.22. The number of aliphatic hydroxyl groups is 1. The summed E-state index contributed by atoms with van der Waals surface area (Å²) in [7, 11) is 1.11. The Bertz CT molecular complexity index is 159. The predicted octanol–water partition coefficient (Wildman–Crippen LogP) is -0.501. The van der Waals surface area contributed by atoms with Gasteiger partial charge in [-0.2, -0.15) is 0 Å². The van der Waals surface area contributed by atoms with Crippen molar-refractivity contribution < 1.29 is 19.4 Å². The highest BCUT2D eigenvalue weighted by Crippen LogP contribution is 2.05. The molecule has 0 radical (unpaired) electrons. The van der Waals surface area contributed by atoms with Gasteiger partial charge in [-0.05, 0) is 13.8 Å². The van der Waals surface area contributed by atoms with Crippen LogP contribution in [0.3, 0.4) is 0 Å². The maximum Gasteiger partial charge on any atom is 0.345 e. The molecule has 0 bridgehead atoms. The molecule has 58 valence electrons. The minimum absolute atomic E-state index is 0.626. The molecular weight excluding hydrogens is 136 g/mol. The van der Waals surface area contributed by atoms with Crippen molar-refractivity contribution in [1.29, 1.82) is 0 Å². The van der Waals surface area contributed by atoms with Crippen molar-refractivity contribution in [2.75, 3.05) is 7.11 Å². The fourth-order valence-electron chi connectivity index (χ4n) is 0.342. The minimum Gasteiger partial charge on any atom is -0.467 e. The first-order valence-corrected chi connectivity index (χ1v) is 2.74. The van der Waals surface area contributed by atoms with Crippen LogP contribution in [-0.4, -0.2) is 29.6 Å². The molecule has 0 aromatic rings. The molecule has 0 amide bonds. The van der Waals surface area contributed by atoms with Crippen molar-refractivity contribution in [2.24, 2.45) is 0 Å². The number of ether oxygens (including phenoxy) is 1. The SMILES string of the molecule is COC(=O)[C@](C)(O)C(C)=O. The Labute approximate surface area is 58.8 Å². The second-order valence-electron chi connectivity index (χ2n) is 2.12. The van der Waals surface area contributed by atoms with Crippen LogP contribution < -0.4 is 0 Å². The first kappa shape index (κ1) is 9.10. The molecule has 0 rings (SSSR count). The molecule has 4 nitrogen and oxygen atoms in total. The summed E-state index contributed by atoms with van der Waals surface area (Å²) < 4.78 is 4.17. The van der Waals surface area contributed by atoms with Gasteiger partial charge in [0.25, 0.3) is 0 Å². The smallest absolute Gasteiger partial charge is 0.345 e. The van der Waals surface area contributed by atoms with Crippen LogP contribution in [0, 0.1) is 0 Å². The Morgan fingerprint density at radius 1 is 1.50 bits per heavy atom. The Kier molecular flexibility index (Phi) is 2.54. The lowest BCUT2D eigenvalue weighted by Gasteiger charge is -2.15. The second-order valence-corrected chi connectivity index (χ2v) is 2.12. The Morgan fingerprint density at radius 3 is 2.00 bits per heavy atom. The van der Waals surface area contributed by atoms with E-state index in [1.807, 2.05) is 0 Å². The van der Waals surface area contributed by atoms with Gasteiger partial charge >= 0.3 is 5.97 Å². The average Bonchev–Trinajstić information content (AvgIpc) is 1.86. The van der Waals surface area contributed by atoms with E-state index in [-0.39, 0.29) is 0 Å². The quantitative estimate of drug-likeness (QED) is 0.421. The zero-order valence-electron chi connectivity index (χ0n) is 6.17. The fourth-order valence-corrected chi connectivity index (χ4v) is 0.342. The van der Waals surface area contributed by atoms with Crippen molar-refractivity contribution in [3.63, 3.8) is 0 Å². The van der Waals surface area contributed by atoms with Gasteiger partial charge in [-0.15, -0.1) is 0 Å². The van der Waals surface area contributed by atoms with E-state index >= 15 is 0 Å². The number of esters is 1. The Hall–Kier alpha value is -0.900. The predicted molar refractivity (Wildman–Crippen MR) is 33.3 cm³/mol. The molecule has 0 aromatic heterocycles. The van der Waals surface area contributed by atoms with E-state index in [9.17, 15) is 9.59 Å². The lowest BCUT2D eigenvalue weighted by atomic mass is 10.0. The summed E-state index contributed by atoms with van der Waals surface area (Å²) >= 11 is 0. The summed E-state index contributed by atoms with van der Waals surface area (Å²) in [5.74, 6) is -1.56. The molecule has 0 saturated heterocycles. The van der Waals surface area contributed by atoms with Gasteiger partial charge < -0.3 is 9.84 Å². The van der Waals surface area contributed by atoms with E-state index in [1.54, 1.807) is 0 Å². The van der Waals surface area contributed by atoms with Gasteiger partial charge in [0.1, 0.15) is 0 Å². The third kappa shape index (κ3) is 1.54. The number of rotatable bonds is 2. The maximum absolute atomic E-state index is 10.6. The summed E-state index contributed by atoms with van der Waals surface area (Å²) in [5, 5.41) is 9.04. The maximum atomic E-state index is 10.6. The molecule has 0 fully saturated rings. The minimum atomic E-state index is -1.99. The van der Waals surface area contributed by atoms with E-state index in [1.165, 1.54) is 0 Å². The van der Waals surface area contributed by atoms with Crippen LogP contribution in [0.4, 0.5) is 0 Å². The van der Waals surface area contributed by atoms with Gasteiger partial charge in [-0.3, -0.25) is 4.79 Å². The topological polar surface area (TPSA) is 63.6 Å². The number of Topliss-reactive ketones (excluding diaryl/α,β-unsaturated/α-hetero) is 1. The van der Waals surface area contributed by atoms with E-state index < -0.39 is 17.4 Å². The van der Waals surface area contributed by atoms with Gasteiger partial charge in [0.15, 0.2) is 5.78 Å². The highest BCUT2D eigenvalue weighted by Gasteiger charge is 2.36. The van der Waals surface area contributed by atoms with Crippen molar-refractivity contribution in [3.8, 4) is 0 Å². The van der Waals surface area contributed by atoms with E-state index in [2.05, 4.69) is 4.74 Å². The molecule has 1 atom stereocenters. The van der Waals surface area contributed by atoms with E-state index in [0.717, 1.165) is 21.0 Å². The molecule has 0 aliphatic carbocycles. The van der Waals surface area contributed by atoms with Gasteiger partial charge in [0.2, 0.25) is 5.60 Å². The van der Waals surface area contributed by atoms with Gasteiger partial charge in [-0.25, -0.2) is 4.79 Å². The standard InChI is InChI=1S/C6H10O4/c1-4(7)6(2,9)5(8)10-3/h9H,1-3H3/t6-/m1/s1. The van der Waals surface area contributed by atoms with E-state index in [0.29, 0.717) is 0 Å². The monoisotopic (exact) mass is 146 g/mol. The molecule has 1 N–H and O–H groups in total. The summed E-state index contributed by atoms with van der Waals surface area (Å²) in [5.41, 5.74) is -1.99. The molecule has 4 heteroatoms. The first-order valence-electron chi connectivity index (χ1n) is 2.74. The third-order valence-corrected chi connectivity index (χ3v) is 1.27. The summed E-state index contributed by atoms with van der Waals surface area (Å²) in [6, 6.07) is 0. The highest BCUT2D eigenvalue weighted by atomic mass is 16.5. The number of ketones is 1. The highest BCUT2D eigenvalue weighted by molar-refractivity contribution is 6.05. The van der Waals surface area contributed by atoms with Gasteiger partial charge in [-0.1, -0.05) is 0 Å². The molecule has 0 saturated carbocycles. The molecule has 0 heterocycles. The lowest BCUT2D eigenvalue weighted by Crippen LogP contribution is -2.42. The van der Waals surface area contributed by atoms with Crippen LogP contribution in [0.2, 0.25) is 0 Å². The summed E-state index contributed by atoms with van der Waals surface area (Å²) in [4.78, 5) is 21.1. The zero-order valence-corrected chi connectivity index (χ0v) is 6.17. The van der Waals surface area contributed by atoms with Crippen LogP contribution >= 0.6 is 0 Å². The molecule has 0 aliphatic heterocycles. The normalized spacial score (nSPS) is 15.6. The number of hydrogen-bond acceptors (Lipinski definition) is 4. The fraction of sp³-hybridized carbons (Fsp3) is 0.667. The summed E-state index contributed by atoms with van der Waals surface area (Å²) in [6.07, 6.45) is 0. The molecule has 10 heavy (non-hydrogen) atoms. The molecular formula is C6H10O4. The lowest BCUT2D eigenvalue weighted by molar-refractivity contribution is -0.165. The first-order chi connectivity index (χ1) is 4.42.